The highest BCUT2D eigenvalue weighted by atomic mass is 16.5. The van der Waals surface area contributed by atoms with Crippen LogP contribution >= 0.6 is 0 Å². The number of hydrogen-bond acceptors (Lipinski definition) is 5. The summed E-state index contributed by atoms with van der Waals surface area (Å²) in [4.78, 5) is 19.8. The third kappa shape index (κ3) is 4.07. The normalized spacial score (nSPS) is 14.5. The Labute approximate surface area is 187 Å². The zero-order valence-corrected chi connectivity index (χ0v) is 18.5. The zero-order valence-electron chi connectivity index (χ0n) is 18.5. The molecule has 0 saturated heterocycles. The van der Waals surface area contributed by atoms with Crippen molar-refractivity contribution in [3.8, 4) is 17.2 Å². The molecule has 6 heteroatoms. The van der Waals surface area contributed by atoms with Crippen LogP contribution in [0.5, 0.6) is 17.2 Å². The monoisotopic (exact) mass is 428 g/mol. The van der Waals surface area contributed by atoms with Crippen molar-refractivity contribution >= 4 is 23.5 Å². The summed E-state index contributed by atoms with van der Waals surface area (Å²) in [5, 5.41) is 0. The maximum absolute atomic E-state index is 13.5. The van der Waals surface area contributed by atoms with Crippen molar-refractivity contribution in [3.63, 3.8) is 0 Å². The third-order valence-electron chi connectivity index (χ3n) is 5.18. The van der Waals surface area contributed by atoms with Crippen LogP contribution in [0.2, 0.25) is 0 Å². The number of carbonyl (C=O) groups is 1. The number of rotatable bonds is 6. The maximum atomic E-state index is 13.5. The van der Waals surface area contributed by atoms with E-state index in [4.69, 9.17) is 19.2 Å². The van der Waals surface area contributed by atoms with Crippen molar-refractivity contribution in [2.24, 2.45) is 4.99 Å². The lowest BCUT2D eigenvalue weighted by molar-refractivity contribution is -0.113. The lowest BCUT2D eigenvalue weighted by atomic mass is 10.1. The van der Waals surface area contributed by atoms with Gasteiger partial charge >= 0.3 is 0 Å². The van der Waals surface area contributed by atoms with Crippen molar-refractivity contribution in [3.05, 3.63) is 89.1 Å². The molecule has 1 aliphatic rings. The molecule has 162 valence electrons. The molecule has 0 aromatic heterocycles. The summed E-state index contributed by atoms with van der Waals surface area (Å²) in [6.07, 6.45) is 1.75. The zero-order chi connectivity index (χ0) is 22.7. The molecule has 1 aliphatic heterocycles. The van der Waals surface area contributed by atoms with E-state index in [0.29, 0.717) is 23.0 Å². The first-order valence-corrected chi connectivity index (χ1v) is 10.1. The van der Waals surface area contributed by atoms with Crippen LogP contribution in [0.1, 0.15) is 16.7 Å². The number of benzene rings is 3. The number of anilines is 1. The van der Waals surface area contributed by atoms with E-state index in [1.807, 2.05) is 67.6 Å². The van der Waals surface area contributed by atoms with Gasteiger partial charge in [0.2, 0.25) is 0 Å². The summed E-state index contributed by atoms with van der Waals surface area (Å²) in [5.74, 6) is 2.31. The molecule has 4 rings (SSSR count). The topological polar surface area (TPSA) is 60.4 Å². The largest absolute Gasteiger partial charge is 0.497 e. The highest BCUT2D eigenvalue weighted by Crippen LogP contribution is 2.32. The summed E-state index contributed by atoms with van der Waals surface area (Å²) in [6, 6.07) is 20.8. The molecule has 0 N–H and O–H groups in total. The Balaban J connectivity index is 1.80. The molecular formula is C26H24N2O4. The number of carbonyl (C=O) groups excluding carboxylic acids is 1. The number of amidine groups is 1. The second kappa shape index (κ2) is 8.98. The van der Waals surface area contributed by atoms with E-state index in [9.17, 15) is 4.79 Å². The fourth-order valence-electron chi connectivity index (χ4n) is 3.56. The molecule has 0 atom stereocenters. The van der Waals surface area contributed by atoms with Crippen LogP contribution in [0.4, 0.5) is 5.69 Å². The Morgan fingerprint density at radius 1 is 0.844 bits per heavy atom. The molecule has 0 radical (unpaired) electrons. The van der Waals surface area contributed by atoms with Gasteiger partial charge in [-0.25, -0.2) is 4.99 Å². The summed E-state index contributed by atoms with van der Waals surface area (Å²) in [5.41, 5.74) is 3.76. The van der Waals surface area contributed by atoms with Gasteiger partial charge in [0.25, 0.3) is 5.91 Å². The standard InChI is InChI=1S/C26H24N2O4/c1-17-6-5-7-20(14-17)28-25(19-9-11-21(30-2)12-10-19)27-22(26(28)29)15-18-8-13-23(31-3)24(16-18)32-4/h5-16H,1-4H3/b22-15+. The van der Waals surface area contributed by atoms with Crippen molar-refractivity contribution < 1.29 is 19.0 Å². The number of aliphatic imine (C=N–C) groups is 1. The molecule has 1 heterocycles. The minimum atomic E-state index is -0.198. The number of methoxy groups -OCH3 is 3. The van der Waals surface area contributed by atoms with Gasteiger partial charge in [0.05, 0.1) is 27.0 Å². The maximum Gasteiger partial charge on any atom is 0.282 e. The van der Waals surface area contributed by atoms with Crippen molar-refractivity contribution in [2.45, 2.75) is 6.92 Å². The molecule has 0 unspecified atom stereocenters. The van der Waals surface area contributed by atoms with Crippen molar-refractivity contribution in [1.29, 1.82) is 0 Å². The second-order valence-corrected chi connectivity index (χ2v) is 7.29. The SMILES string of the molecule is COc1ccc(C2=N/C(=C/c3ccc(OC)c(OC)c3)C(=O)N2c2cccc(C)c2)cc1. The fraction of sp³-hybridized carbons (Fsp3) is 0.154. The highest BCUT2D eigenvalue weighted by molar-refractivity contribution is 6.33. The Hall–Kier alpha value is -4.06. The highest BCUT2D eigenvalue weighted by Gasteiger charge is 2.32. The Bertz CT molecular complexity index is 1210. The van der Waals surface area contributed by atoms with Gasteiger partial charge < -0.3 is 14.2 Å². The Morgan fingerprint density at radius 3 is 2.25 bits per heavy atom. The average Bonchev–Trinajstić information content (AvgIpc) is 3.14. The van der Waals surface area contributed by atoms with E-state index >= 15 is 0 Å². The molecule has 0 bridgehead atoms. The van der Waals surface area contributed by atoms with Crippen LogP contribution in [0.3, 0.4) is 0 Å². The first-order chi connectivity index (χ1) is 15.5. The smallest absolute Gasteiger partial charge is 0.282 e. The molecule has 0 spiro atoms. The van der Waals surface area contributed by atoms with E-state index in [1.54, 1.807) is 38.4 Å². The summed E-state index contributed by atoms with van der Waals surface area (Å²) in [7, 11) is 4.78. The van der Waals surface area contributed by atoms with Gasteiger partial charge in [-0.2, -0.15) is 0 Å². The van der Waals surface area contributed by atoms with Crippen LogP contribution in [-0.2, 0) is 4.79 Å². The van der Waals surface area contributed by atoms with E-state index in [2.05, 4.69) is 0 Å². The molecule has 1 amide bonds. The lowest BCUT2D eigenvalue weighted by Crippen LogP contribution is -2.32. The van der Waals surface area contributed by atoms with Gasteiger partial charge in [0.15, 0.2) is 11.5 Å². The van der Waals surface area contributed by atoms with E-state index in [-0.39, 0.29) is 5.91 Å². The number of aryl methyl sites for hydroxylation is 1. The van der Waals surface area contributed by atoms with Crippen molar-refractivity contribution in [1.82, 2.24) is 0 Å². The number of hydrogen-bond donors (Lipinski definition) is 0. The second-order valence-electron chi connectivity index (χ2n) is 7.29. The molecule has 6 nitrogen and oxygen atoms in total. The third-order valence-corrected chi connectivity index (χ3v) is 5.18. The minimum absolute atomic E-state index is 0.198. The quantitative estimate of drug-likeness (QED) is 0.527. The van der Waals surface area contributed by atoms with Gasteiger partial charge in [-0.3, -0.25) is 9.69 Å². The fourth-order valence-corrected chi connectivity index (χ4v) is 3.56. The minimum Gasteiger partial charge on any atom is -0.497 e. The summed E-state index contributed by atoms with van der Waals surface area (Å²) in [6.45, 7) is 1.99. The average molecular weight is 428 g/mol. The van der Waals surface area contributed by atoms with Gasteiger partial charge in [-0.05, 0) is 72.7 Å². The summed E-state index contributed by atoms with van der Waals surface area (Å²) >= 11 is 0. The van der Waals surface area contributed by atoms with Crippen LogP contribution in [-0.4, -0.2) is 33.1 Å². The van der Waals surface area contributed by atoms with E-state index in [1.165, 1.54) is 0 Å². The lowest BCUT2D eigenvalue weighted by Gasteiger charge is -2.19. The van der Waals surface area contributed by atoms with Crippen LogP contribution in [0.15, 0.2) is 77.4 Å². The van der Waals surface area contributed by atoms with Crippen molar-refractivity contribution in [2.75, 3.05) is 26.2 Å². The predicted molar refractivity (Wildman–Crippen MR) is 126 cm³/mol. The first-order valence-electron chi connectivity index (χ1n) is 10.1. The van der Waals surface area contributed by atoms with Gasteiger partial charge in [0.1, 0.15) is 17.3 Å². The molecular weight excluding hydrogens is 404 g/mol. The Kier molecular flexibility index (Phi) is 5.94. The molecule has 0 aliphatic carbocycles. The van der Waals surface area contributed by atoms with Gasteiger partial charge in [0, 0.05) is 5.56 Å². The molecule has 0 fully saturated rings. The summed E-state index contributed by atoms with van der Waals surface area (Å²) < 4.78 is 16.0. The van der Waals surface area contributed by atoms with E-state index in [0.717, 1.165) is 28.1 Å². The van der Waals surface area contributed by atoms with Crippen LogP contribution < -0.4 is 19.1 Å². The molecule has 0 saturated carbocycles. The van der Waals surface area contributed by atoms with Crippen LogP contribution in [0.25, 0.3) is 6.08 Å². The van der Waals surface area contributed by atoms with Gasteiger partial charge in [-0.15, -0.1) is 0 Å². The number of nitrogens with zero attached hydrogens (tertiary/aromatic N) is 2. The first kappa shape index (κ1) is 21.2. The van der Waals surface area contributed by atoms with E-state index < -0.39 is 0 Å². The Morgan fingerprint density at radius 2 is 1.59 bits per heavy atom. The molecule has 3 aromatic rings. The van der Waals surface area contributed by atoms with Gasteiger partial charge in [-0.1, -0.05) is 18.2 Å². The molecule has 32 heavy (non-hydrogen) atoms. The van der Waals surface area contributed by atoms with Crippen LogP contribution in [0, 0.1) is 6.92 Å². The number of amides is 1. The predicted octanol–water partition coefficient (Wildman–Crippen LogP) is 4.86. The molecule has 3 aromatic carbocycles. The number of ether oxygens (including phenoxy) is 3.